The highest BCUT2D eigenvalue weighted by atomic mass is 32.1. The van der Waals surface area contributed by atoms with Crippen molar-refractivity contribution < 1.29 is 28.5 Å². The van der Waals surface area contributed by atoms with Crippen molar-refractivity contribution in [2.75, 3.05) is 42.1 Å². The SMILES string of the molecule is CCOC(=O)c1cn(Cc2ccccc2OC)c2sc(-c3ccc(OC)cc3)c(CN(C)Cc3cccc(OC)c3OC)c2c1=O. The smallest absolute Gasteiger partial charge is 0.343 e. The van der Waals surface area contributed by atoms with Crippen LogP contribution in [0.4, 0.5) is 0 Å². The minimum absolute atomic E-state index is 0.0123. The molecule has 0 amide bonds. The maximum Gasteiger partial charge on any atom is 0.343 e. The second-order valence-electron chi connectivity index (χ2n) is 10.7. The average Bonchev–Trinajstić information content (AvgIpc) is 3.45. The van der Waals surface area contributed by atoms with Crippen LogP contribution in [0.3, 0.4) is 0 Å². The molecule has 0 unspecified atom stereocenters. The van der Waals surface area contributed by atoms with Crippen LogP contribution in [-0.4, -0.2) is 57.5 Å². The Balaban J connectivity index is 1.72. The molecule has 9 nitrogen and oxygen atoms in total. The summed E-state index contributed by atoms with van der Waals surface area (Å²) in [6.07, 6.45) is 1.61. The zero-order valence-corrected chi connectivity index (χ0v) is 27.7. The zero-order chi connectivity index (χ0) is 32.8. The van der Waals surface area contributed by atoms with E-state index >= 15 is 0 Å². The van der Waals surface area contributed by atoms with E-state index in [0.717, 1.165) is 37.7 Å². The van der Waals surface area contributed by atoms with Crippen LogP contribution in [0.15, 0.2) is 77.7 Å². The van der Waals surface area contributed by atoms with Crippen LogP contribution in [0.25, 0.3) is 20.7 Å². The van der Waals surface area contributed by atoms with Crippen LogP contribution in [0.1, 0.15) is 34.0 Å². The molecule has 2 heterocycles. The Kier molecular flexibility index (Phi) is 10.3. The summed E-state index contributed by atoms with van der Waals surface area (Å²) in [5.74, 6) is 2.10. The largest absolute Gasteiger partial charge is 0.497 e. The molecule has 0 bridgehead atoms. The fraction of sp³-hybridized carbons (Fsp3) is 0.278. The first-order valence-electron chi connectivity index (χ1n) is 14.8. The van der Waals surface area contributed by atoms with Crippen molar-refractivity contribution in [2.24, 2.45) is 0 Å². The number of nitrogens with zero attached hydrogens (tertiary/aromatic N) is 2. The molecule has 0 aliphatic rings. The number of fused-ring (bicyclic) bond motifs is 1. The third-order valence-corrected chi connectivity index (χ3v) is 9.06. The molecule has 0 fully saturated rings. The van der Waals surface area contributed by atoms with Crippen molar-refractivity contribution in [2.45, 2.75) is 26.6 Å². The number of hydrogen-bond acceptors (Lipinski definition) is 9. The molecule has 2 aromatic heterocycles. The number of esters is 1. The molecule has 5 rings (SSSR count). The van der Waals surface area contributed by atoms with E-state index in [2.05, 4.69) is 4.90 Å². The van der Waals surface area contributed by atoms with Crippen LogP contribution in [0, 0.1) is 0 Å². The minimum Gasteiger partial charge on any atom is -0.497 e. The molecule has 0 saturated heterocycles. The lowest BCUT2D eigenvalue weighted by Gasteiger charge is -2.20. The number of para-hydroxylation sites is 2. The number of carbonyl (C=O) groups excluding carboxylic acids is 1. The second kappa shape index (κ2) is 14.5. The highest BCUT2D eigenvalue weighted by Crippen LogP contribution is 2.40. The normalized spacial score (nSPS) is 11.1. The number of hydrogen-bond donors (Lipinski definition) is 0. The second-order valence-corrected chi connectivity index (χ2v) is 11.7. The van der Waals surface area contributed by atoms with Crippen molar-refractivity contribution in [3.63, 3.8) is 0 Å². The van der Waals surface area contributed by atoms with E-state index in [0.29, 0.717) is 42.3 Å². The molecular formula is C36H38N2O7S. The summed E-state index contributed by atoms with van der Waals surface area (Å²) in [6.45, 7) is 3.20. The van der Waals surface area contributed by atoms with Gasteiger partial charge in [0.25, 0.3) is 0 Å². The van der Waals surface area contributed by atoms with Crippen molar-refractivity contribution >= 4 is 27.5 Å². The fourth-order valence-electron chi connectivity index (χ4n) is 5.61. The maximum atomic E-state index is 14.3. The van der Waals surface area contributed by atoms with Gasteiger partial charge in [0, 0.05) is 35.3 Å². The number of thiophene rings is 1. The van der Waals surface area contributed by atoms with Gasteiger partial charge in [0.15, 0.2) is 11.5 Å². The third kappa shape index (κ3) is 6.59. The minimum atomic E-state index is -0.652. The monoisotopic (exact) mass is 642 g/mol. The Bertz CT molecular complexity index is 1900. The molecule has 5 aromatic rings. The summed E-state index contributed by atoms with van der Waals surface area (Å²) in [6, 6.07) is 21.3. The predicted molar refractivity (Wildman–Crippen MR) is 181 cm³/mol. The van der Waals surface area contributed by atoms with Gasteiger partial charge in [-0.05, 0) is 61.5 Å². The summed E-state index contributed by atoms with van der Waals surface area (Å²) < 4.78 is 29.6. The number of carbonyl (C=O) groups is 1. The lowest BCUT2D eigenvalue weighted by molar-refractivity contribution is 0.0524. The topological polar surface area (TPSA) is 88.5 Å². The molecule has 240 valence electrons. The van der Waals surface area contributed by atoms with E-state index in [1.165, 1.54) is 11.3 Å². The van der Waals surface area contributed by atoms with Gasteiger partial charge >= 0.3 is 5.97 Å². The zero-order valence-electron chi connectivity index (χ0n) is 26.9. The van der Waals surface area contributed by atoms with Crippen molar-refractivity contribution in [3.05, 3.63) is 105 Å². The average molecular weight is 643 g/mol. The molecule has 0 radical (unpaired) electrons. The first kappa shape index (κ1) is 32.6. The molecule has 46 heavy (non-hydrogen) atoms. The van der Waals surface area contributed by atoms with Gasteiger partial charge in [-0.15, -0.1) is 11.3 Å². The molecule has 0 spiro atoms. The number of ether oxygens (including phenoxy) is 5. The van der Waals surface area contributed by atoms with Crippen LogP contribution < -0.4 is 24.4 Å². The van der Waals surface area contributed by atoms with Crippen LogP contribution in [0.2, 0.25) is 0 Å². The number of aromatic nitrogens is 1. The van der Waals surface area contributed by atoms with E-state index in [1.54, 1.807) is 41.6 Å². The van der Waals surface area contributed by atoms with Gasteiger partial charge in [-0.3, -0.25) is 9.69 Å². The van der Waals surface area contributed by atoms with Crippen molar-refractivity contribution in [3.8, 4) is 33.4 Å². The van der Waals surface area contributed by atoms with Gasteiger partial charge < -0.3 is 28.3 Å². The van der Waals surface area contributed by atoms with Crippen LogP contribution in [-0.2, 0) is 24.4 Å². The summed E-state index contributed by atoms with van der Waals surface area (Å²) in [7, 11) is 8.48. The van der Waals surface area contributed by atoms with E-state index in [-0.39, 0.29) is 17.6 Å². The van der Waals surface area contributed by atoms with E-state index < -0.39 is 5.97 Å². The maximum absolute atomic E-state index is 14.3. The van der Waals surface area contributed by atoms with E-state index in [9.17, 15) is 9.59 Å². The van der Waals surface area contributed by atoms with Gasteiger partial charge in [-0.1, -0.05) is 30.3 Å². The highest BCUT2D eigenvalue weighted by Gasteiger charge is 2.25. The quantitative estimate of drug-likeness (QED) is 0.133. The Morgan fingerprint density at radius 3 is 2.20 bits per heavy atom. The molecular weight excluding hydrogens is 604 g/mol. The Morgan fingerprint density at radius 1 is 0.826 bits per heavy atom. The van der Waals surface area contributed by atoms with Gasteiger partial charge in [-0.2, -0.15) is 0 Å². The lowest BCUT2D eigenvalue weighted by atomic mass is 10.0. The molecule has 0 N–H and O–H groups in total. The molecule has 0 aliphatic heterocycles. The Hall–Kier alpha value is -4.80. The van der Waals surface area contributed by atoms with Gasteiger partial charge in [0.2, 0.25) is 5.43 Å². The Morgan fingerprint density at radius 2 is 1.52 bits per heavy atom. The van der Waals surface area contributed by atoms with Crippen molar-refractivity contribution in [1.29, 1.82) is 0 Å². The summed E-state index contributed by atoms with van der Waals surface area (Å²) in [5.41, 5.74) is 3.23. The van der Waals surface area contributed by atoms with Crippen molar-refractivity contribution in [1.82, 2.24) is 9.47 Å². The third-order valence-electron chi connectivity index (χ3n) is 7.74. The first-order chi connectivity index (χ1) is 22.3. The molecule has 0 atom stereocenters. The first-order valence-corrected chi connectivity index (χ1v) is 15.7. The van der Waals surface area contributed by atoms with E-state index in [1.807, 2.05) is 78.3 Å². The van der Waals surface area contributed by atoms with Crippen LogP contribution >= 0.6 is 11.3 Å². The fourth-order valence-corrected chi connectivity index (χ4v) is 6.90. The standard InChI is InChI=1S/C36H38N2O7S/c1-7-45-36(40)28-22-38(20-24-11-8-9-13-29(24)42-4)35-31(32(28)39)27(34(46-35)23-15-17-26(41-3)18-16-23)21-37(2)19-25-12-10-14-30(43-5)33(25)44-6/h8-18,22H,7,19-21H2,1-6H3. The number of methoxy groups -OCH3 is 4. The molecule has 3 aromatic carbocycles. The number of rotatable bonds is 13. The summed E-state index contributed by atoms with van der Waals surface area (Å²) in [4.78, 5) is 31.2. The van der Waals surface area contributed by atoms with Gasteiger partial charge in [-0.25, -0.2) is 4.79 Å². The highest BCUT2D eigenvalue weighted by molar-refractivity contribution is 7.22. The molecule has 0 aliphatic carbocycles. The van der Waals surface area contributed by atoms with Gasteiger partial charge in [0.05, 0.1) is 47.0 Å². The Labute approximate surface area is 272 Å². The lowest BCUT2D eigenvalue weighted by Crippen LogP contribution is -2.23. The number of benzene rings is 3. The molecule has 0 saturated carbocycles. The van der Waals surface area contributed by atoms with Gasteiger partial charge in [0.1, 0.15) is 21.9 Å². The summed E-state index contributed by atoms with van der Waals surface area (Å²) in [5, 5.41) is 0.487. The summed E-state index contributed by atoms with van der Waals surface area (Å²) >= 11 is 1.52. The van der Waals surface area contributed by atoms with Crippen LogP contribution in [0.5, 0.6) is 23.0 Å². The molecule has 10 heteroatoms. The van der Waals surface area contributed by atoms with E-state index in [4.69, 9.17) is 23.7 Å². The number of pyridine rings is 1. The predicted octanol–water partition coefficient (Wildman–Crippen LogP) is 6.62.